The van der Waals surface area contributed by atoms with Crippen molar-refractivity contribution in [3.63, 3.8) is 0 Å². The number of hydrogen-bond acceptors (Lipinski definition) is 3. The summed E-state index contributed by atoms with van der Waals surface area (Å²) in [6, 6.07) is 13.6. The lowest BCUT2D eigenvalue weighted by molar-refractivity contribution is 0.205. The molecule has 1 aromatic heterocycles. The van der Waals surface area contributed by atoms with Crippen molar-refractivity contribution in [2.45, 2.75) is 0 Å². The van der Waals surface area contributed by atoms with Crippen molar-refractivity contribution < 1.29 is 9.90 Å². The Kier molecular flexibility index (Phi) is 3.21. The molecule has 0 aliphatic carbocycles. The lowest BCUT2D eigenvalue weighted by Gasteiger charge is -2.18. The van der Waals surface area contributed by atoms with Crippen LogP contribution in [0.4, 0.5) is 16.2 Å². The van der Waals surface area contributed by atoms with Gasteiger partial charge in [-0.15, -0.1) is 0 Å². The molecule has 1 amide bonds. The maximum Gasteiger partial charge on any atom is 0.416 e. The Morgan fingerprint density at radius 1 is 1.17 bits per heavy atom. The third-order valence-corrected chi connectivity index (χ3v) is 2.33. The van der Waals surface area contributed by atoms with Crippen LogP contribution >= 0.6 is 0 Å². The minimum atomic E-state index is -1.10. The number of rotatable bonds is 2. The van der Waals surface area contributed by atoms with E-state index in [4.69, 9.17) is 5.26 Å². The van der Waals surface area contributed by atoms with E-state index in [9.17, 15) is 9.90 Å². The van der Waals surface area contributed by atoms with Gasteiger partial charge in [0.25, 0.3) is 0 Å². The van der Waals surface area contributed by atoms with Crippen molar-refractivity contribution in [1.82, 2.24) is 4.98 Å². The van der Waals surface area contributed by atoms with Gasteiger partial charge in [0.05, 0.1) is 17.6 Å². The van der Waals surface area contributed by atoms with Crippen LogP contribution in [0.2, 0.25) is 0 Å². The smallest absolute Gasteiger partial charge is 0.416 e. The Labute approximate surface area is 104 Å². The zero-order chi connectivity index (χ0) is 13.0. The molecule has 1 heterocycles. The molecule has 0 fully saturated rings. The molecule has 0 aliphatic heterocycles. The maximum absolute atomic E-state index is 11.3. The van der Waals surface area contributed by atoms with Crippen LogP contribution in [-0.2, 0) is 0 Å². The van der Waals surface area contributed by atoms with E-state index in [0.717, 1.165) is 4.90 Å². The number of hydrogen-bond donors (Lipinski definition) is 1. The summed E-state index contributed by atoms with van der Waals surface area (Å²) in [7, 11) is 0. The molecule has 0 spiro atoms. The van der Waals surface area contributed by atoms with Crippen molar-refractivity contribution in [2.24, 2.45) is 0 Å². The summed E-state index contributed by atoms with van der Waals surface area (Å²) >= 11 is 0. The molecule has 0 atom stereocenters. The molecule has 0 unspecified atom stereocenters. The maximum atomic E-state index is 11.3. The molecule has 0 radical (unpaired) electrons. The van der Waals surface area contributed by atoms with Crippen LogP contribution in [0, 0.1) is 11.3 Å². The number of amides is 1. The van der Waals surface area contributed by atoms with E-state index in [1.165, 1.54) is 12.3 Å². The Balaban J connectivity index is 2.43. The first-order valence-corrected chi connectivity index (χ1v) is 5.16. The van der Waals surface area contributed by atoms with Crippen molar-refractivity contribution >= 4 is 17.5 Å². The van der Waals surface area contributed by atoms with Crippen LogP contribution in [0.5, 0.6) is 0 Å². The van der Waals surface area contributed by atoms with E-state index in [1.54, 1.807) is 36.4 Å². The fourth-order valence-corrected chi connectivity index (χ4v) is 1.53. The van der Waals surface area contributed by atoms with Crippen LogP contribution < -0.4 is 4.90 Å². The normalized spacial score (nSPS) is 9.50. The van der Waals surface area contributed by atoms with Gasteiger partial charge in [-0.2, -0.15) is 5.26 Å². The number of anilines is 2. The van der Waals surface area contributed by atoms with Gasteiger partial charge in [-0.25, -0.2) is 14.7 Å². The average Bonchev–Trinajstić information content (AvgIpc) is 2.40. The van der Waals surface area contributed by atoms with E-state index >= 15 is 0 Å². The largest absolute Gasteiger partial charge is 0.464 e. The molecule has 2 aromatic rings. The standard InChI is InChI=1S/C13H9N3O2/c14-8-10-6-7-12(9-15-10)16(13(17)18)11-4-2-1-3-5-11/h1-7,9H,(H,17,18). The summed E-state index contributed by atoms with van der Waals surface area (Å²) in [6.45, 7) is 0. The number of pyridine rings is 1. The lowest BCUT2D eigenvalue weighted by Crippen LogP contribution is -2.23. The Hall–Kier alpha value is -2.87. The van der Waals surface area contributed by atoms with E-state index in [1.807, 2.05) is 6.07 Å². The third-order valence-electron chi connectivity index (χ3n) is 2.33. The second-order valence-electron chi connectivity index (χ2n) is 3.47. The number of carbonyl (C=O) groups is 1. The van der Waals surface area contributed by atoms with Gasteiger partial charge in [-0.3, -0.25) is 0 Å². The highest BCUT2D eigenvalue weighted by molar-refractivity contribution is 5.94. The second-order valence-corrected chi connectivity index (χ2v) is 3.47. The summed E-state index contributed by atoms with van der Waals surface area (Å²) in [5, 5.41) is 17.9. The van der Waals surface area contributed by atoms with Crippen LogP contribution in [0.3, 0.4) is 0 Å². The molecule has 0 aliphatic rings. The summed E-state index contributed by atoms with van der Waals surface area (Å²) in [5.74, 6) is 0. The lowest BCUT2D eigenvalue weighted by atomic mass is 10.2. The summed E-state index contributed by atoms with van der Waals surface area (Å²) < 4.78 is 0. The highest BCUT2D eigenvalue weighted by atomic mass is 16.4. The molecule has 5 nitrogen and oxygen atoms in total. The SMILES string of the molecule is N#Cc1ccc(N(C(=O)O)c2ccccc2)cn1. The predicted molar refractivity (Wildman–Crippen MR) is 65.6 cm³/mol. The topological polar surface area (TPSA) is 77.2 Å². The first-order valence-electron chi connectivity index (χ1n) is 5.16. The minimum absolute atomic E-state index is 0.247. The number of nitrogens with zero attached hydrogens (tertiary/aromatic N) is 3. The molecule has 1 N–H and O–H groups in total. The Morgan fingerprint density at radius 3 is 2.39 bits per heavy atom. The molecule has 0 saturated heterocycles. The van der Waals surface area contributed by atoms with Crippen molar-refractivity contribution in [3.05, 3.63) is 54.4 Å². The minimum Gasteiger partial charge on any atom is -0.464 e. The van der Waals surface area contributed by atoms with Gasteiger partial charge in [0, 0.05) is 0 Å². The number of carboxylic acid groups (broad SMARTS) is 1. The van der Waals surface area contributed by atoms with Gasteiger partial charge >= 0.3 is 6.09 Å². The quantitative estimate of drug-likeness (QED) is 0.874. The summed E-state index contributed by atoms with van der Waals surface area (Å²) in [5.41, 5.74) is 1.17. The van der Waals surface area contributed by atoms with E-state index in [-0.39, 0.29) is 5.69 Å². The van der Waals surface area contributed by atoms with Gasteiger partial charge < -0.3 is 5.11 Å². The fourth-order valence-electron chi connectivity index (χ4n) is 1.53. The van der Waals surface area contributed by atoms with Crippen LogP contribution in [0.1, 0.15) is 5.69 Å². The number of para-hydroxylation sites is 1. The van der Waals surface area contributed by atoms with Crippen molar-refractivity contribution in [3.8, 4) is 6.07 Å². The molecular weight excluding hydrogens is 230 g/mol. The Bertz CT molecular complexity index is 588. The third kappa shape index (κ3) is 2.28. The monoisotopic (exact) mass is 239 g/mol. The molecule has 18 heavy (non-hydrogen) atoms. The highest BCUT2D eigenvalue weighted by Crippen LogP contribution is 2.24. The number of nitriles is 1. The van der Waals surface area contributed by atoms with E-state index in [0.29, 0.717) is 11.4 Å². The zero-order valence-corrected chi connectivity index (χ0v) is 9.32. The van der Waals surface area contributed by atoms with Gasteiger partial charge in [0.2, 0.25) is 0 Å². The molecule has 5 heteroatoms. The van der Waals surface area contributed by atoms with Crippen LogP contribution in [0.25, 0.3) is 0 Å². The van der Waals surface area contributed by atoms with Crippen LogP contribution in [0.15, 0.2) is 48.7 Å². The van der Waals surface area contributed by atoms with E-state index < -0.39 is 6.09 Å². The Morgan fingerprint density at radius 2 is 1.89 bits per heavy atom. The molecule has 0 bridgehead atoms. The van der Waals surface area contributed by atoms with E-state index in [2.05, 4.69) is 4.98 Å². The molecular formula is C13H9N3O2. The second kappa shape index (κ2) is 4.97. The molecule has 2 rings (SSSR count). The van der Waals surface area contributed by atoms with Gasteiger partial charge in [-0.05, 0) is 24.3 Å². The molecule has 88 valence electrons. The first kappa shape index (κ1) is 11.6. The van der Waals surface area contributed by atoms with Crippen molar-refractivity contribution in [1.29, 1.82) is 5.26 Å². The highest BCUT2D eigenvalue weighted by Gasteiger charge is 2.16. The molecule has 1 aromatic carbocycles. The van der Waals surface area contributed by atoms with Gasteiger partial charge in [0.15, 0.2) is 0 Å². The zero-order valence-electron chi connectivity index (χ0n) is 9.32. The fraction of sp³-hybridized carbons (Fsp3) is 0. The van der Waals surface area contributed by atoms with Crippen molar-refractivity contribution in [2.75, 3.05) is 4.90 Å². The number of aromatic nitrogens is 1. The molecule has 0 saturated carbocycles. The number of benzene rings is 1. The first-order chi connectivity index (χ1) is 8.72. The van der Waals surface area contributed by atoms with Gasteiger partial charge in [-0.1, -0.05) is 18.2 Å². The van der Waals surface area contributed by atoms with Gasteiger partial charge in [0.1, 0.15) is 11.8 Å². The van der Waals surface area contributed by atoms with Crippen LogP contribution in [-0.4, -0.2) is 16.2 Å². The summed E-state index contributed by atoms with van der Waals surface area (Å²) in [6.07, 6.45) is 0.257. The predicted octanol–water partition coefficient (Wildman–Crippen LogP) is 2.77. The summed E-state index contributed by atoms with van der Waals surface area (Å²) in [4.78, 5) is 16.3. The average molecular weight is 239 g/mol.